The van der Waals surface area contributed by atoms with Gasteiger partial charge in [-0.1, -0.05) is 6.07 Å². The largest absolute Gasteiger partial charge is 0.369 e. The van der Waals surface area contributed by atoms with Crippen LogP contribution in [-0.2, 0) is 11.3 Å². The molecule has 0 saturated carbocycles. The topological polar surface area (TPSA) is 51.1 Å². The lowest BCUT2D eigenvalue weighted by Crippen LogP contribution is -2.38. The Morgan fingerprint density at radius 3 is 3.10 bits per heavy atom. The lowest BCUT2D eigenvalue weighted by atomic mass is 10.2. The summed E-state index contributed by atoms with van der Waals surface area (Å²) in [5.41, 5.74) is 3.06. The maximum atomic E-state index is 5.79. The smallest absolute Gasteiger partial charge is 0.114 e. The number of aromatic nitrogens is 3. The highest BCUT2D eigenvalue weighted by atomic mass is 16.5. The van der Waals surface area contributed by atoms with Gasteiger partial charge in [0.2, 0.25) is 0 Å². The maximum Gasteiger partial charge on any atom is 0.114 e. The molecule has 3 heterocycles. The van der Waals surface area contributed by atoms with E-state index in [9.17, 15) is 0 Å². The molecule has 3 rings (SSSR count). The van der Waals surface area contributed by atoms with Gasteiger partial charge in [0.1, 0.15) is 6.10 Å². The summed E-state index contributed by atoms with van der Waals surface area (Å²) in [6.45, 7) is 5.33. The normalized spacial score (nSPS) is 19.9. The van der Waals surface area contributed by atoms with Gasteiger partial charge < -0.3 is 4.74 Å². The summed E-state index contributed by atoms with van der Waals surface area (Å²) in [5.74, 6) is 0. The van der Waals surface area contributed by atoms with Crippen molar-refractivity contribution in [3.8, 4) is 0 Å². The van der Waals surface area contributed by atoms with Crippen LogP contribution >= 0.6 is 0 Å². The number of pyridine rings is 1. The molecule has 0 amide bonds. The minimum absolute atomic E-state index is 0.00209. The molecule has 0 aromatic carbocycles. The predicted molar refractivity (Wildman–Crippen MR) is 75.0 cm³/mol. The predicted octanol–water partition coefficient (Wildman–Crippen LogP) is 1.75. The number of hydrogen-bond acceptors (Lipinski definition) is 5. The summed E-state index contributed by atoms with van der Waals surface area (Å²) >= 11 is 0. The molecular formula is C15H18N4O. The zero-order valence-corrected chi connectivity index (χ0v) is 11.6. The molecular weight excluding hydrogens is 252 g/mol. The molecule has 0 aliphatic carbocycles. The van der Waals surface area contributed by atoms with Gasteiger partial charge in [0.05, 0.1) is 24.2 Å². The summed E-state index contributed by atoms with van der Waals surface area (Å²) in [7, 11) is 0. The lowest BCUT2D eigenvalue weighted by Gasteiger charge is -2.32. The van der Waals surface area contributed by atoms with Crippen LogP contribution in [0.25, 0.3) is 0 Å². The average Bonchev–Trinajstić information content (AvgIpc) is 2.48. The first-order valence-electron chi connectivity index (χ1n) is 6.83. The second-order valence-corrected chi connectivity index (χ2v) is 5.00. The number of morpholine rings is 1. The summed E-state index contributed by atoms with van der Waals surface area (Å²) in [4.78, 5) is 15.3. The molecule has 1 saturated heterocycles. The fourth-order valence-corrected chi connectivity index (χ4v) is 2.42. The molecule has 5 nitrogen and oxygen atoms in total. The third-order valence-electron chi connectivity index (χ3n) is 3.40. The van der Waals surface area contributed by atoms with E-state index in [0.29, 0.717) is 6.61 Å². The van der Waals surface area contributed by atoms with E-state index in [-0.39, 0.29) is 6.10 Å². The quantitative estimate of drug-likeness (QED) is 0.850. The van der Waals surface area contributed by atoms with Crippen molar-refractivity contribution in [1.29, 1.82) is 0 Å². The van der Waals surface area contributed by atoms with Gasteiger partial charge in [-0.15, -0.1) is 0 Å². The van der Waals surface area contributed by atoms with Crippen LogP contribution in [0.2, 0.25) is 0 Å². The Hall–Kier alpha value is -1.85. The van der Waals surface area contributed by atoms with Crippen LogP contribution in [-0.4, -0.2) is 39.5 Å². The first-order chi connectivity index (χ1) is 9.81. The van der Waals surface area contributed by atoms with E-state index >= 15 is 0 Å². The Balaban J connectivity index is 1.66. The highest BCUT2D eigenvalue weighted by Crippen LogP contribution is 2.20. The second kappa shape index (κ2) is 6.07. The highest BCUT2D eigenvalue weighted by molar-refractivity contribution is 5.10. The molecule has 1 aliphatic rings. The highest BCUT2D eigenvalue weighted by Gasteiger charge is 2.23. The molecule has 20 heavy (non-hydrogen) atoms. The van der Waals surface area contributed by atoms with Crippen LogP contribution in [0, 0.1) is 6.92 Å². The summed E-state index contributed by atoms with van der Waals surface area (Å²) in [6.07, 6.45) is 5.17. The molecule has 1 fully saturated rings. The maximum absolute atomic E-state index is 5.79. The summed E-state index contributed by atoms with van der Waals surface area (Å²) in [6, 6.07) is 6.14. The van der Waals surface area contributed by atoms with Gasteiger partial charge in [-0.3, -0.25) is 19.9 Å². The third kappa shape index (κ3) is 3.18. The van der Waals surface area contributed by atoms with Gasteiger partial charge >= 0.3 is 0 Å². The van der Waals surface area contributed by atoms with Gasteiger partial charge in [0, 0.05) is 37.7 Å². The fraction of sp³-hybridized carbons (Fsp3) is 0.400. The molecule has 104 valence electrons. The zero-order valence-electron chi connectivity index (χ0n) is 11.6. The molecule has 1 atom stereocenters. The molecule has 0 unspecified atom stereocenters. The SMILES string of the molecule is Cc1cccc(CN2CCO[C@@H](c3cnccn3)C2)n1. The first-order valence-corrected chi connectivity index (χ1v) is 6.83. The third-order valence-corrected chi connectivity index (χ3v) is 3.40. The van der Waals surface area contributed by atoms with E-state index in [1.807, 2.05) is 13.0 Å². The molecule has 1 aliphatic heterocycles. The van der Waals surface area contributed by atoms with E-state index in [4.69, 9.17) is 4.74 Å². The zero-order chi connectivity index (χ0) is 13.8. The van der Waals surface area contributed by atoms with Gasteiger partial charge in [-0.2, -0.15) is 0 Å². The van der Waals surface area contributed by atoms with Crippen molar-refractivity contribution in [1.82, 2.24) is 19.9 Å². The van der Waals surface area contributed by atoms with Gasteiger partial charge in [-0.05, 0) is 19.1 Å². The van der Waals surface area contributed by atoms with E-state index in [2.05, 4.69) is 32.0 Å². The molecule has 2 aromatic heterocycles. The van der Waals surface area contributed by atoms with Crippen LogP contribution < -0.4 is 0 Å². The Labute approximate surface area is 118 Å². The van der Waals surface area contributed by atoms with E-state index in [1.54, 1.807) is 18.6 Å². The minimum Gasteiger partial charge on any atom is -0.369 e. The Kier molecular flexibility index (Phi) is 3.99. The number of rotatable bonds is 3. The Morgan fingerprint density at radius 1 is 1.35 bits per heavy atom. The lowest BCUT2D eigenvalue weighted by molar-refractivity contribution is -0.0355. The van der Waals surface area contributed by atoms with Crippen LogP contribution in [0.5, 0.6) is 0 Å². The van der Waals surface area contributed by atoms with Gasteiger partial charge in [-0.25, -0.2) is 0 Å². The molecule has 5 heteroatoms. The minimum atomic E-state index is 0.00209. The molecule has 2 aromatic rings. The van der Waals surface area contributed by atoms with Crippen molar-refractivity contribution >= 4 is 0 Å². The Bertz CT molecular complexity index is 561. The van der Waals surface area contributed by atoms with E-state index in [1.165, 1.54) is 0 Å². The van der Waals surface area contributed by atoms with Crippen LogP contribution in [0.1, 0.15) is 23.2 Å². The second-order valence-electron chi connectivity index (χ2n) is 5.00. The van der Waals surface area contributed by atoms with Crippen LogP contribution in [0.3, 0.4) is 0 Å². The number of aryl methyl sites for hydroxylation is 1. The van der Waals surface area contributed by atoms with Crippen LogP contribution in [0.15, 0.2) is 36.8 Å². The van der Waals surface area contributed by atoms with Crippen molar-refractivity contribution in [2.75, 3.05) is 19.7 Å². The summed E-state index contributed by atoms with van der Waals surface area (Å²) < 4.78 is 5.79. The Morgan fingerprint density at radius 2 is 2.30 bits per heavy atom. The number of hydrogen-bond donors (Lipinski definition) is 0. The molecule has 0 N–H and O–H groups in total. The van der Waals surface area contributed by atoms with Crippen molar-refractivity contribution in [2.24, 2.45) is 0 Å². The van der Waals surface area contributed by atoms with E-state index in [0.717, 1.165) is 36.7 Å². The average molecular weight is 270 g/mol. The van der Waals surface area contributed by atoms with Crippen molar-refractivity contribution in [3.63, 3.8) is 0 Å². The van der Waals surface area contributed by atoms with Crippen molar-refractivity contribution in [3.05, 3.63) is 53.9 Å². The standard InChI is InChI=1S/C15H18N4O/c1-12-3-2-4-13(18-12)10-19-7-8-20-15(11-19)14-9-16-5-6-17-14/h2-6,9,15H,7-8,10-11H2,1H3/t15-/m1/s1. The summed E-state index contributed by atoms with van der Waals surface area (Å²) in [5, 5.41) is 0. The van der Waals surface area contributed by atoms with E-state index < -0.39 is 0 Å². The van der Waals surface area contributed by atoms with Gasteiger partial charge in [0.15, 0.2) is 0 Å². The monoisotopic (exact) mass is 270 g/mol. The van der Waals surface area contributed by atoms with Crippen molar-refractivity contribution in [2.45, 2.75) is 19.6 Å². The first kappa shape index (κ1) is 13.1. The number of nitrogens with zero attached hydrogens (tertiary/aromatic N) is 4. The molecule has 0 spiro atoms. The molecule has 0 bridgehead atoms. The van der Waals surface area contributed by atoms with Crippen molar-refractivity contribution < 1.29 is 4.74 Å². The van der Waals surface area contributed by atoms with Gasteiger partial charge in [0.25, 0.3) is 0 Å². The fourth-order valence-electron chi connectivity index (χ4n) is 2.42. The number of ether oxygens (including phenoxy) is 1. The molecule has 0 radical (unpaired) electrons. The van der Waals surface area contributed by atoms with Crippen LogP contribution in [0.4, 0.5) is 0 Å².